The van der Waals surface area contributed by atoms with Crippen molar-refractivity contribution in [2.24, 2.45) is 0 Å². The van der Waals surface area contributed by atoms with Gasteiger partial charge in [-0.1, -0.05) is 0 Å². The Hall–Kier alpha value is -2.41. The van der Waals surface area contributed by atoms with Gasteiger partial charge in [-0.15, -0.1) is 11.8 Å². The molecule has 0 saturated heterocycles. The van der Waals surface area contributed by atoms with Crippen molar-refractivity contribution in [1.82, 2.24) is 5.32 Å². The van der Waals surface area contributed by atoms with E-state index in [2.05, 4.69) is 5.32 Å². The van der Waals surface area contributed by atoms with E-state index in [-0.39, 0.29) is 17.5 Å². The summed E-state index contributed by atoms with van der Waals surface area (Å²) >= 11 is 1.35. The highest BCUT2D eigenvalue weighted by Gasteiger charge is 2.13. The van der Waals surface area contributed by atoms with Crippen molar-refractivity contribution in [1.29, 1.82) is 0 Å². The Kier molecular flexibility index (Phi) is 6.94. The molecule has 0 bridgehead atoms. The molecule has 7 heteroatoms. The SMILES string of the molecule is COc1cc(CNC(=O)CSc2ccc(F)cc2)cc(OC)c1OC. The molecule has 2 aromatic rings. The maximum absolute atomic E-state index is 12.9. The molecule has 0 heterocycles. The molecule has 0 saturated carbocycles. The second-order valence-electron chi connectivity index (χ2n) is 5.05. The second-order valence-corrected chi connectivity index (χ2v) is 6.10. The van der Waals surface area contributed by atoms with Crippen LogP contribution in [-0.4, -0.2) is 33.0 Å². The quantitative estimate of drug-likeness (QED) is 0.728. The molecule has 1 N–H and O–H groups in total. The maximum atomic E-state index is 12.9. The summed E-state index contributed by atoms with van der Waals surface area (Å²) in [4.78, 5) is 12.8. The van der Waals surface area contributed by atoms with Gasteiger partial charge in [0, 0.05) is 11.4 Å². The first kappa shape index (κ1) is 18.9. The number of amides is 1. The van der Waals surface area contributed by atoms with Crippen LogP contribution in [0.15, 0.2) is 41.3 Å². The molecule has 0 radical (unpaired) electrons. The largest absolute Gasteiger partial charge is 0.493 e. The Bertz CT molecular complexity index is 697. The standard InChI is InChI=1S/C18H20FNO4S/c1-22-15-8-12(9-16(23-2)18(15)24-3)10-20-17(21)11-25-14-6-4-13(19)5-7-14/h4-9H,10-11H2,1-3H3,(H,20,21). The van der Waals surface area contributed by atoms with Gasteiger partial charge in [0.2, 0.25) is 11.7 Å². The van der Waals surface area contributed by atoms with Crippen molar-refractivity contribution in [2.45, 2.75) is 11.4 Å². The zero-order valence-corrected chi connectivity index (χ0v) is 15.1. The van der Waals surface area contributed by atoms with E-state index in [9.17, 15) is 9.18 Å². The number of hydrogen-bond donors (Lipinski definition) is 1. The van der Waals surface area contributed by atoms with Crippen LogP contribution in [0.5, 0.6) is 17.2 Å². The Balaban J connectivity index is 1.93. The van der Waals surface area contributed by atoms with E-state index < -0.39 is 0 Å². The summed E-state index contributed by atoms with van der Waals surface area (Å²) in [5.41, 5.74) is 0.828. The monoisotopic (exact) mass is 365 g/mol. The average molecular weight is 365 g/mol. The maximum Gasteiger partial charge on any atom is 0.230 e. The van der Waals surface area contributed by atoms with E-state index >= 15 is 0 Å². The minimum absolute atomic E-state index is 0.122. The van der Waals surface area contributed by atoms with Crippen LogP contribution in [-0.2, 0) is 11.3 Å². The molecule has 2 rings (SSSR count). The van der Waals surface area contributed by atoms with E-state index in [4.69, 9.17) is 14.2 Å². The Labute approximate surface area is 150 Å². The van der Waals surface area contributed by atoms with Crippen LogP contribution in [0.4, 0.5) is 4.39 Å². The zero-order valence-electron chi connectivity index (χ0n) is 14.3. The van der Waals surface area contributed by atoms with Gasteiger partial charge in [-0.25, -0.2) is 4.39 Å². The predicted molar refractivity (Wildman–Crippen MR) is 95.1 cm³/mol. The third-order valence-corrected chi connectivity index (χ3v) is 4.41. The van der Waals surface area contributed by atoms with Crippen molar-refractivity contribution in [3.8, 4) is 17.2 Å². The van der Waals surface area contributed by atoms with Crippen molar-refractivity contribution in [3.05, 3.63) is 47.8 Å². The first-order valence-electron chi connectivity index (χ1n) is 7.51. The predicted octanol–water partition coefficient (Wildman–Crippen LogP) is 3.26. The van der Waals surface area contributed by atoms with E-state index in [0.29, 0.717) is 23.8 Å². The summed E-state index contributed by atoms with van der Waals surface area (Å²) in [6.07, 6.45) is 0. The summed E-state index contributed by atoms with van der Waals surface area (Å²) in [6, 6.07) is 9.61. The molecule has 0 spiro atoms. The topological polar surface area (TPSA) is 56.8 Å². The molecule has 1 amide bonds. The molecule has 0 aromatic heterocycles. The molecular formula is C18H20FNO4S. The lowest BCUT2D eigenvalue weighted by atomic mass is 10.2. The molecule has 134 valence electrons. The highest BCUT2D eigenvalue weighted by molar-refractivity contribution is 8.00. The number of thioether (sulfide) groups is 1. The minimum atomic E-state index is -0.295. The van der Waals surface area contributed by atoms with Gasteiger partial charge in [0.05, 0.1) is 27.1 Å². The van der Waals surface area contributed by atoms with Crippen molar-refractivity contribution in [2.75, 3.05) is 27.1 Å². The van der Waals surface area contributed by atoms with Crippen molar-refractivity contribution in [3.63, 3.8) is 0 Å². The van der Waals surface area contributed by atoms with Crippen LogP contribution >= 0.6 is 11.8 Å². The Morgan fingerprint density at radius 3 is 2.16 bits per heavy atom. The lowest BCUT2D eigenvalue weighted by molar-refractivity contribution is -0.118. The van der Waals surface area contributed by atoms with Gasteiger partial charge in [0.15, 0.2) is 11.5 Å². The smallest absolute Gasteiger partial charge is 0.230 e. The molecule has 0 atom stereocenters. The number of carbonyl (C=O) groups is 1. The van der Waals surface area contributed by atoms with E-state index in [1.807, 2.05) is 0 Å². The lowest BCUT2D eigenvalue weighted by Gasteiger charge is -2.14. The third kappa shape index (κ3) is 5.29. The van der Waals surface area contributed by atoms with Crippen LogP contribution in [0.25, 0.3) is 0 Å². The number of methoxy groups -OCH3 is 3. The van der Waals surface area contributed by atoms with Gasteiger partial charge in [0.25, 0.3) is 0 Å². The number of carbonyl (C=O) groups excluding carboxylic acids is 1. The molecule has 2 aromatic carbocycles. The van der Waals surface area contributed by atoms with Crippen LogP contribution in [0.2, 0.25) is 0 Å². The number of halogens is 1. The van der Waals surface area contributed by atoms with Crippen LogP contribution in [0, 0.1) is 5.82 Å². The molecule has 5 nitrogen and oxygen atoms in total. The molecule has 0 fully saturated rings. The summed E-state index contributed by atoms with van der Waals surface area (Å²) < 4.78 is 28.7. The van der Waals surface area contributed by atoms with Crippen molar-refractivity contribution < 1.29 is 23.4 Å². The summed E-state index contributed by atoms with van der Waals surface area (Å²) in [5, 5.41) is 2.83. The van der Waals surface area contributed by atoms with E-state index in [0.717, 1.165) is 10.5 Å². The normalized spacial score (nSPS) is 10.2. The fraction of sp³-hybridized carbons (Fsp3) is 0.278. The van der Waals surface area contributed by atoms with Crippen molar-refractivity contribution >= 4 is 17.7 Å². The molecular weight excluding hydrogens is 345 g/mol. The first-order chi connectivity index (χ1) is 12.1. The number of benzene rings is 2. The van der Waals surface area contributed by atoms with Gasteiger partial charge in [0.1, 0.15) is 5.82 Å². The molecule has 0 aliphatic heterocycles. The molecule has 0 aliphatic carbocycles. The molecule has 0 aliphatic rings. The van der Waals surface area contributed by atoms with Gasteiger partial charge in [-0.3, -0.25) is 4.79 Å². The zero-order chi connectivity index (χ0) is 18.2. The fourth-order valence-corrected chi connectivity index (χ4v) is 2.90. The number of ether oxygens (including phenoxy) is 3. The molecule has 0 unspecified atom stereocenters. The number of hydrogen-bond acceptors (Lipinski definition) is 5. The highest BCUT2D eigenvalue weighted by atomic mass is 32.2. The number of nitrogens with one attached hydrogen (secondary N) is 1. The van der Waals surface area contributed by atoms with Crippen LogP contribution in [0.3, 0.4) is 0 Å². The van der Waals surface area contributed by atoms with E-state index in [1.165, 1.54) is 31.0 Å². The lowest BCUT2D eigenvalue weighted by Crippen LogP contribution is -2.24. The van der Waals surface area contributed by atoms with Crippen LogP contribution < -0.4 is 19.5 Å². The van der Waals surface area contributed by atoms with E-state index in [1.54, 1.807) is 38.5 Å². The second kappa shape index (κ2) is 9.17. The first-order valence-corrected chi connectivity index (χ1v) is 8.50. The average Bonchev–Trinajstić information content (AvgIpc) is 2.64. The summed E-state index contributed by atoms with van der Waals surface area (Å²) in [5.74, 6) is 1.40. The minimum Gasteiger partial charge on any atom is -0.493 e. The molecule has 25 heavy (non-hydrogen) atoms. The van der Waals surface area contributed by atoms with Crippen LogP contribution in [0.1, 0.15) is 5.56 Å². The summed E-state index contributed by atoms with van der Waals surface area (Å²) in [7, 11) is 4.62. The third-order valence-electron chi connectivity index (χ3n) is 3.40. The Morgan fingerprint density at radius 1 is 1.04 bits per heavy atom. The van der Waals surface area contributed by atoms with Gasteiger partial charge in [-0.2, -0.15) is 0 Å². The van der Waals surface area contributed by atoms with Gasteiger partial charge >= 0.3 is 0 Å². The number of rotatable bonds is 8. The van der Waals surface area contributed by atoms with Gasteiger partial charge in [-0.05, 0) is 42.0 Å². The highest BCUT2D eigenvalue weighted by Crippen LogP contribution is 2.38. The fourth-order valence-electron chi connectivity index (χ4n) is 2.17. The summed E-state index contributed by atoms with van der Waals surface area (Å²) in [6.45, 7) is 0.333. The van der Waals surface area contributed by atoms with Gasteiger partial charge < -0.3 is 19.5 Å². The Morgan fingerprint density at radius 2 is 1.64 bits per heavy atom.